The highest BCUT2D eigenvalue weighted by Gasteiger charge is 2.21. The summed E-state index contributed by atoms with van der Waals surface area (Å²) >= 11 is 0. The van der Waals surface area contributed by atoms with Crippen LogP contribution in [0.25, 0.3) is 0 Å². The molecular weight excluding hydrogens is 148 g/mol. The molecule has 0 radical (unpaired) electrons. The minimum atomic E-state index is 0.658. The molecule has 0 spiro atoms. The van der Waals surface area contributed by atoms with Gasteiger partial charge in [-0.05, 0) is 25.0 Å². The van der Waals surface area contributed by atoms with E-state index in [0.29, 0.717) is 5.92 Å². The molecule has 1 heteroatoms. The van der Waals surface area contributed by atoms with Crippen LogP contribution in [0.3, 0.4) is 0 Å². The number of ether oxygens (including phenoxy) is 1. The minimum absolute atomic E-state index is 0.658. The average Bonchev–Trinajstić information content (AvgIpc) is 1.91. The minimum Gasteiger partial charge on any atom is -0.380 e. The van der Waals surface area contributed by atoms with Crippen LogP contribution in [0.1, 0.15) is 22.6 Å². The Morgan fingerprint density at radius 1 is 1.25 bits per heavy atom. The van der Waals surface area contributed by atoms with Gasteiger partial charge in [-0.1, -0.05) is 23.8 Å². The third-order valence-corrected chi connectivity index (χ3v) is 2.50. The summed E-state index contributed by atoms with van der Waals surface area (Å²) in [6.07, 6.45) is 0. The lowest BCUT2D eigenvalue weighted by molar-refractivity contribution is 0.00817. The maximum atomic E-state index is 5.17. The molecule has 0 aliphatic carbocycles. The van der Waals surface area contributed by atoms with Crippen LogP contribution in [0.4, 0.5) is 0 Å². The number of hydrogen-bond acceptors (Lipinski definition) is 1. The van der Waals surface area contributed by atoms with Gasteiger partial charge in [0.25, 0.3) is 0 Å². The lowest BCUT2D eigenvalue weighted by Crippen LogP contribution is -2.25. The highest BCUT2D eigenvalue weighted by Crippen LogP contribution is 2.26. The van der Waals surface area contributed by atoms with Crippen molar-refractivity contribution >= 4 is 0 Å². The van der Waals surface area contributed by atoms with Crippen LogP contribution in [0, 0.1) is 13.8 Å². The second-order valence-corrected chi connectivity index (χ2v) is 3.59. The van der Waals surface area contributed by atoms with Gasteiger partial charge in [-0.2, -0.15) is 0 Å². The van der Waals surface area contributed by atoms with Gasteiger partial charge in [0, 0.05) is 5.92 Å². The summed E-state index contributed by atoms with van der Waals surface area (Å²) in [5.41, 5.74) is 4.21. The SMILES string of the molecule is Cc1ccc(C2COC2)c(C)c1. The van der Waals surface area contributed by atoms with E-state index in [4.69, 9.17) is 4.74 Å². The molecule has 12 heavy (non-hydrogen) atoms. The van der Waals surface area contributed by atoms with Crippen LogP contribution < -0.4 is 0 Å². The zero-order valence-electron chi connectivity index (χ0n) is 7.63. The van der Waals surface area contributed by atoms with Crippen LogP contribution in [0.5, 0.6) is 0 Å². The van der Waals surface area contributed by atoms with E-state index in [1.54, 1.807) is 0 Å². The lowest BCUT2D eigenvalue weighted by atomic mass is 9.92. The van der Waals surface area contributed by atoms with Gasteiger partial charge in [-0.25, -0.2) is 0 Å². The Hall–Kier alpha value is -0.820. The molecule has 1 aliphatic heterocycles. The highest BCUT2D eigenvalue weighted by molar-refractivity contribution is 5.33. The van der Waals surface area contributed by atoms with E-state index in [0.717, 1.165) is 13.2 Å². The van der Waals surface area contributed by atoms with Crippen molar-refractivity contribution in [3.8, 4) is 0 Å². The Morgan fingerprint density at radius 3 is 2.50 bits per heavy atom. The normalized spacial score (nSPS) is 17.5. The van der Waals surface area contributed by atoms with E-state index in [1.807, 2.05) is 0 Å². The molecule has 0 amide bonds. The van der Waals surface area contributed by atoms with E-state index in [9.17, 15) is 0 Å². The molecule has 2 rings (SSSR count). The maximum Gasteiger partial charge on any atom is 0.0557 e. The molecule has 0 unspecified atom stereocenters. The predicted molar refractivity (Wildman–Crippen MR) is 49.5 cm³/mol. The van der Waals surface area contributed by atoms with Crippen molar-refractivity contribution < 1.29 is 4.74 Å². The fraction of sp³-hybridized carbons (Fsp3) is 0.455. The highest BCUT2D eigenvalue weighted by atomic mass is 16.5. The molecule has 64 valence electrons. The summed E-state index contributed by atoms with van der Waals surface area (Å²) in [6, 6.07) is 6.66. The van der Waals surface area contributed by atoms with E-state index in [2.05, 4.69) is 32.0 Å². The standard InChI is InChI=1S/C11H14O/c1-8-3-4-11(9(2)5-8)10-6-12-7-10/h3-5,10H,6-7H2,1-2H3. The second-order valence-electron chi connectivity index (χ2n) is 3.59. The van der Waals surface area contributed by atoms with Gasteiger partial charge < -0.3 is 4.74 Å². The number of aryl methyl sites for hydroxylation is 2. The molecule has 1 saturated heterocycles. The smallest absolute Gasteiger partial charge is 0.0557 e. The molecule has 0 atom stereocenters. The first kappa shape index (κ1) is 7.81. The van der Waals surface area contributed by atoms with Gasteiger partial charge in [-0.15, -0.1) is 0 Å². The summed E-state index contributed by atoms with van der Waals surface area (Å²) in [5.74, 6) is 0.658. The van der Waals surface area contributed by atoms with Crippen molar-refractivity contribution in [1.29, 1.82) is 0 Å². The van der Waals surface area contributed by atoms with Crippen LogP contribution in [0.15, 0.2) is 18.2 Å². The van der Waals surface area contributed by atoms with Gasteiger partial charge >= 0.3 is 0 Å². The summed E-state index contributed by atoms with van der Waals surface area (Å²) in [4.78, 5) is 0. The van der Waals surface area contributed by atoms with E-state index in [-0.39, 0.29) is 0 Å². The fourth-order valence-electron chi connectivity index (χ4n) is 1.70. The molecular formula is C11H14O. The molecule has 0 aromatic heterocycles. The molecule has 0 N–H and O–H groups in total. The van der Waals surface area contributed by atoms with Gasteiger partial charge in [0.05, 0.1) is 13.2 Å². The summed E-state index contributed by atoms with van der Waals surface area (Å²) in [7, 11) is 0. The molecule has 1 aliphatic rings. The Labute approximate surface area is 73.4 Å². The first-order chi connectivity index (χ1) is 5.77. The number of hydrogen-bond donors (Lipinski definition) is 0. The zero-order chi connectivity index (χ0) is 8.55. The Balaban J connectivity index is 2.31. The van der Waals surface area contributed by atoms with Crippen molar-refractivity contribution in [2.24, 2.45) is 0 Å². The van der Waals surface area contributed by atoms with Crippen LogP contribution in [-0.4, -0.2) is 13.2 Å². The first-order valence-corrected chi connectivity index (χ1v) is 4.42. The van der Waals surface area contributed by atoms with Gasteiger partial charge in [-0.3, -0.25) is 0 Å². The third kappa shape index (κ3) is 1.25. The molecule has 1 aromatic rings. The summed E-state index contributed by atoms with van der Waals surface area (Å²) in [6.45, 7) is 6.13. The predicted octanol–water partition coefficient (Wildman–Crippen LogP) is 2.42. The van der Waals surface area contributed by atoms with E-state index >= 15 is 0 Å². The summed E-state index contributed by atoms with van der Waals surface area (Å²) < 4.78 is 5.17. The first-order valence-electron chi connectivity index (χ1n) is 4.42. The third-order valence-electron chi connectivity index (χ3n) is 2.50. The van der Waals surface area contributed by atoms with Crippen LogP contribution >= 0.6 is 0 Å². The zero-order valence-corrected chi connectivity index (χ0v) is 7.63. The van der Waals surface area contributed by atoms with E-state index in [1.165, 1.54) is 16.7 Å². The van der Waals surface area contributed by atoms with Crippen LogP contribution in [0.2, 0.25) is 0 Å². The molecule has 1 nitrogen and oxygen atoms in total. The van der Waals surface area contributed by atoms with Crippen molar-refractivity contribution in [3.63, 3.8) is 0 Å². The van der Waals surface area contributed by atoms with Gasteiger partial charge in [0.15, 0.2) is 0 Å². The molecule has 1 fully saturated rings. The molecule has 1 aromatic carbocycles. The Kier molecular flexibility index (Phi) is 1.89. The maximum absolute atomic E-state index is 5.17. The van der Waals surface area contributed by atoms with E-state index < -0.39 is 0 Å². The van der Waals surface area contributed by atoms with Crippen molar-refractivity contribution in [2.75, 3.05) is 13.2 Å². The average molecular weight is 162 g/mol. The topological polar surface area (TPSA) is 9.23 Å². The Bertz CT molecular complexity index is 287. The van der Waals surface area contributed by atoms with Crippen molar-refractivity contribution in [2.45, 2.75) is 19.8 Å². The monoisotopic (exact) mass is 162 g/mol. The Morgan fingerprint density at radius 2 is 2.00 bits per heavy atom. The summed E-state index contributed by atoms with van der Waals surface area (Å²) in [5, 5.41) is 0. The lowest BCUT2D eigenvalue weighted by Gasteiger charge is -2.27. The quantitative estimate of drug-likeness (QED) is 0.616. The number of benzene rings is 1. The molecule has 0 bridgehead atoms. The van der Waals surface area contributed by atoms with Crippen molar-refractivity contribution in [1.82, 2.24) is 0 Å². The van der Waals surface area contributed by atoms with Crippen LogP contribution in [-0.2, 0) is 4.74 Å². The van der Waals surface area contributed by atoms with Gasteiger partial charge in [0.2, 0.25) is 0 Å². The van der Waals surface area contributed by atoms with Crippen molar-refractivity contribution in [3.05, 3.63) is 34.9 Å². The largest absolute Gasteiger partial charge is 0.380 e. The molecule has 1 heterocycles. The molecule has 0 saturated carbocycles. The second kappa shape index (κ2) is 2.91. The fourth-order valence-corrected chi connectivity index (χ4v) is 1.70. The van der Waals surface area contributed by atoms with Gasteiger partial charge in [0.1, 0.15) is 0 Å². The number of rotatable bonds is 1.